The van der Waals surface area contributed by atoms with Crippen LogP contribution in [0.3, 0.4) is 0 Å². The van der Waals surface area contributed by atoms with Crippen molar-refractivity contribution < 1.29 is 15.0 Å². The molecule has 0 aromatic heterocycles. The normalized spacial score (nSPS) is 22.7. The second-order valence-electron chi connectivity index (χ2n) is 6.86. The molecule has 1 fully saturated rings. The van der Waals surface area contributed by atoms with E-state index in [0.717, 1.165) is 5.56 Å². The van der Waals surface area contributed by atoms with Crippen molar-refractivity contribution in [1.29, 1.82) is 0 Å². The Kier molecular flexibility index (Phi) is 6.40. The van der Waals surface area contributed by atoms with Gasteiger partial charge in [-0.25, -0.2) is 0 Å². The average Bonchev–Trinajstić information content (AvgIpc) is 2.66. The van der Waals surface area contributed by atoms with Crippen LogP contribution in [0.15, 0.2) is 48.5 Å². The summed E-state index contributed by atoms with van der Waals surface area (Å²) in [6.07, 6.45) is -0.735. The molecule has 1 saturated heterocycles. The highest BCUT2D eigenvalue weighted by Gasteiger charge is 2.41. The zero-order valence-corrected chi connectivity index (χ0v) is 16.2. The summed E-state index contributed by atoms with van der Waals surface area (Å²) in [5.41, 5.74) is 0.272. The lowest BCUT2D eigenvalue weighted by molar-refractivity contribution is -0.110. The van der Waals surface area contributed by atoms with Gasteiger partial charge in [0.15, 0.2) is 0 Å². The van der Waals surface area contributed by atoms with Gasteiger partial charge in [-0.2, -0.15) is 0 Å². The van der Waals surface area contributed by atoms with Crippen molar-refractivity contribution in [3.8, 4) is 0 Å². The number of piperidine rings is 1. The molecule has 1 aliphatic rings. The van der Waals surface area contributed by atoms with Crippen LogP contribution in [0.25, 0.3) is 0 Å². The number of halogens is 2. The van der Waals surface area contributed by atoms with Crippen molar-refractivity contribution in [3.05, 3.63) is 69.7 Å². The van der Waals surface area contributed by atoms with Gasteiger partial charge in [-0.3, -0.25) is 4.79 Å². The van der Waals surface area contributed by atoms with Crippen LogP contribution in [-0.2, 0) is 6.54 Å². The molecule has 0 unspecified atom stereocenters. The van der Waals surface area contributed by atoms with Gasteiger partial charge < -0.3 is 20.4 Å². The molecule has 0 saturated carbocycles. The topological polar surface area (TPSA) is 72.8 Å². The second kappa shape index (κ2) is 8.59. The summed E-state index contributed by atoms with van der Waals surface area (Å²) in [7, 11) is 0. The first-order chi connectivity index (χ1) is 12.9. The zero-order valence-electron chi connectivity index (χ0n) is 14.7. The van der Waals surface area contributed by atoms with E-state index in [0.29, 0.717) is 35.1 Å². The maximum absolute atomic E-state index is 12.6. The highest BCUT2D eigenvalue weighted by Crippen LogP contribution is 2.24. The molecule has 3 rings (SSSR count). The molecule has 27 heavy (non-hydrogen) atoms. The zero-order chi connectivity index (χ0) is 19.4. The standard InChI is InChI=1S/C20H22Cl2N2O3/c21-16-5-1-14(2-6-16)11-23-13-20(27)9-10-24(12-18(20)25)19(26)15-3-7-17(22)8-4-15/h1-8,18,23,25,27H,9-13H2/t18-,20-/m0/s1. The van der Waals surface area contributed by atoms with Gasteiger partial charge in [-0.15, -0.1) is 0 Å². The number of hydrogen-bond acceptors (Lipinski definition) is 4. The highest BCUT2D eigenvalue weighted by molar-refractivity contribution is 6.30. The minimum absolute atomic E-state index is 0.0839. The average molecular weight is 409 g/mol. The summed E-state index contributed by atoms with van der Waals surface area (Å²) in [5.74, 6) is -0.179. The number of hydrogen-bond donors (Lipinski definition) is 3. The second-order valence-corrected chi connectivity index (χ2v) is 7.73. The molecule has 2 aromatic rings. The predicted octanol–water partition coefficient (Wildman–Crippen LogP) is 2.72. The Hall–Kier alpha value is -1.63. The smallest absolute Gasteiger partial charge is 0.253 e. The van der Waals surface area contributed by atoms with Crippen LogP contribution in [0, 0.1) is 0 Å². The highest BCUT2D eigenvalue weighted by atomic mass is 35.5. The number of carbonyl (C=O) groups excluding carboxylic acids is 1. The number of nitrogens with one attached hydrogen (secondary N) is 1. The monoisotopic (exact) mass is 408 g/mol. The number of aliphatic hydroxyl groups excluding tert-OH is 1. The number of nitrogens with zero attached hydrogens (tertiary/aromatic N) is 1. The third-order valence-electron chi connectivity index (χ3n) is 4.88. The third-order valence-corrected chi connectivity index (χ3v) is 5.38. The van der Waals surface area contributed by atoms with Crippen LogP contribution in [-0.4, -0.2) is 52.4 Å². The Bertz CT molecular complexity index is 783. The SMILES string of the molecule is O=C(c1ccc(Cl)cc1)N1CC[C@](O)(CNCc2ccc(Cl)cc2)[C@@H](O)C1. The van der Waals surface area contributed by atoms with E-state index >= 15 is 0 Å². The minimum atomic E-state index is -1.27. The maximum Gasteiger partial charge on any atom is 0.253 e. The van der Waals surface area contributed by atoms with Crippen molar-refractivity contribution in [2.45, 2.75) is 24.7 Å². The molecule has 3 N–H and O–H groups in total. The first-order valence-electron chi connectivity index (χ1n) is 8.78. The lowest BCUT2D eigenvalue weighted by atomic mass is 9.88. The van der Waals surface area contributed by atoms with E-state index in [1.165, 1.54) is 0 Å². The molecule has 1 amide bonds. The van der Waals surface area contributed by atoms with Gasteiger partial charge in [0.05, 0.1) is 0 Å². The van der Waals surface area contributed by atoms with E-state index in [2.05, 4.69) is 5.32 Å². The summed E-state index contributed by atoms with van der Waals surface area (Å²) in [6.45, 7) is 1.25. The van der Waals surface area contributed by atoms with E-state index in [1.807, 2.05) is 24.3 Å². The quantitative estimate of drug-likeness (QED) is 0.710. The van der Waals surface area contributed by atoms with E-state index in [1.54, 1.807) is 29.2 Å². The summed E-state index contributed by atoms with van der Waals surface area (Å²) < 4.78 is 0. The number of likely N-dealkylation sites (tertiary alicyclic amines) is 1. The molecule has 2 atom stereocenters. The molecule has 1 aliphatic heterocycles. The van der Waals surface area contributed by atoms with Crippen molar-refractivity contribution in [3.63, 3.8) is 0 Å². The molecule has 0 bridgehead atoms. The van der Waals surface area contributed by atoms with Crippen molar-refractivity contribution in [2.24, 2.45) is 0 Å². The summed E-state index contributed by atoms with van der Waals surface area (Å²) in [6, 6.07) is 14.1. The van der Waals surface area contributed by atoms with Gasteiger partial charge >= 0.3 is 0 Å². The predicted molar refractivity (Wildman–Crippen MR) is 106 cm³/mol. The Morgan fingerprint density at radius 2 is 1.70 bits per heavy atom. The van der Waals surface area contributed by atoms with Crippen LogP contribution in [0.2, 0.25) is 10.0 Å². The first-order valence-corrected chi connectivity index (χ1v) is 9.53. The lowest BCUT2D eigenvalue weighted by Crippen LogP contribution is -2.60. The van der Waals surface area contributed by atoms with Crippen molar-refractivity contribution in [2.75, 3.05) is 19.6 Å². The third kappa shape index (κ3) is 5.00. The number of rotatable bonds is 5. The largest absolute Gasteiger partial charge is 0.388 e. The number of amides is 1. The van der Waals surface area contributed by atoms with Crippen molar-refractivity contribution in [1.82, 2.24) is 10.2 Å². The van der Waals surface area contributed by atoms with Gasteiger partial charge in [0.25, 0.3) is 5.91 Å². The molecule has 144 valence electrons. The number of benzene rings is 2. The fraction of sp³-hybridized carbons (Fsp3) is 0.350. The molecule has 2 aromatic carbocycles. The summed E-state index contributed by atoms with van der Waals surface area (Å²) in [5, 5.41) is 25.6. The van der Waals surface area contributed by atoms with Gasteiger partial charge in [-0.05, 0) is 48.4 Å². The molecule has 7 heteroatoms. The molecule has 0 spiro atoms. The number of carbonyl (C=O) groups is 1. The minimum Gasteiger partial charge on any atom is -0.388 e. The van der Waals surface area contributed by atoms with Gasteiger partial charge in [0.1, 0.15) is 11.7 Å². The fourth-order valence-corrected chi connectivity index (χ4v) is 3.41. The van der Waals surface area contributed by atoms with Gasteiger partial charge in [-0.1, -0.05) is 35.3 Å². The lowest BCUT2D eigenvalue weighted by Gasteiger charge is -2.42. The van der Waals surface area contributed by atoms with Crippen LogP contribution in [0.1, 0.15) is 22.3 Å². The summed E-state index contributed by atoms with van der Waals surface area (Å²) in [4.78, 5) is 14.1. The number of β-amino-alcohol motifs (C(OH)–C–C–N with tert-alkyl or cyclic N) is 1. The summed E-state index contributed by atoms with van der Waals surface area (Å²) >= 11 is 11.7. The van der Waals surface area contributed by atoms with Gasteiger partial charge in [0, 0.05) is 41.8 Å². The Morgan fingerprint density at radius 1 is 1.11 bits per heavy atom. The van der Waals surface area contributed by atoms with E-state index < -0.39 is 11.7 Å². The molecule has 0 radical (unpaired) electrons. The number of aliphatic hydroxyl groups is 2. The fourth-order valence-electron chi connectivity index (χ4n) is 3.16. The van der Waals surface area contributed by atoms with Crippen LogP contribution < -0.4 is 5.32 Å². The van der Waals surface area contributed by atoms with Crippen LogP contribution in [0.5, 0.6) is 0 Å². The molecular weight excluding hydrogens is 387 g/mol. The maximum atomic E-state index is 12.6. The van der Waals surface area contributed by atoms with Crippen LogP contribution in [0.4, 0.5) is 0 Å². The van der Waals surface area contributed by atoms with E-state index in [4.69, 9.17) is 23.2 Å². The van der Waals surface area contributed by atoms with Crippen molar-refractivity contribution >= 4 is 29.1 Å². The molecule has 0 aliphatic carbocycles. The van der Waals surface area contributed by atoms with E-state index in [-0.39, 0.29) is 19.0 Å². The molecular formula is C20H22Cl2N2O3. The van der Waals surface area contributed by atoms with Crippen LogP contribution >= 0.6 is 23.2 Å². The molecule has 1 heterocycles. The van der Waals surface area contributed by atoms with E-state index in [9.17, 15) is 15.0 Å². The van der Waals surface area contributed by atoms with Gasteiger partial charge in [0.2, 0.25) is 0 Å². The first kappa shape index (κ1) is 20.1. The molecule has 5 nitrogen and oxygen atoms in total. The Labute approximate surface area is 168 Å². The Morgan fingerprint density at radius 3 is 2.30 bits per heavy atom. The Balaban J connectivity index is 1.54.